The molecular weight excluding hydrogens is 466 g/mol. The van der Waals surface area contributed by atoms with Gasteiger partial charge in [0.1, 0.15) is 6.33 Å². The van der Waals surface area contributed by atoms with Gasteiger partial charge in [0.2, 0.25) is 5.91 Å². The number of rotatable bonds is 6. The first-order valence-electron chi connectivity index (χ1n) is 11.8. The molecule has 2 N–H and O–H groups in total. The highest BCUT2D eigenvalue weighted by molar-refractivity contribution is 7.19. The van der Waals surface area contributed by atoms with E-state index in [4.69, 9.17) is 4.74 Å². The molecule has 2 fully saturated rings. The number of β-amino-alcohol motifs (C(OH)–C–C–N with tert-alkyl or cyclic N) is 1. The molecule has 10 nitrogen and oxygen atoms in total. The molecule has 2 atom stereocenters. The van der Waals surface area contributed by atoms with E-state index in [1.54, 1.807) is 22.6 Å². The molecule has 6 rings (SSSR count). The number of aliphatic hydroxyl groups excluding tert-OH is 1. The fourth-order valence-corrected chi connectivity index (χ4v) is 6.32. The van der Waals surface area contributed by atoms with Crippen LogP contribution in [0.1, 0.15) is 22.7 Å². The predicted molar refractivity (Wildman–Crippen MR) is 132 cm³/mol. The highest BCUT2D eigenvalue weighted by Gasteiger charge is 2.37. The van der Waals surface area contributed by atoms with Crippen molar-refractivity contribution in [2.24, 2.45) is 0 Å². The van der Waals surface area contributed by atoms with Crippen LogP contribution in [0.5, 0.6) is 0 Å². The number of aromatic nitrogens is 4. The Labute approximate surface area is 206 Å². The van der Waals surface area contributed by atoms with Crippen molar-refractivity contribution in [3.63, 3.8) is 0 Å². The Morgan fingerprint density at radius 3 is 3.03 bits per heavy atom. The molecular formula is C24H27N7O3S. The molecule has 5 heterocycles. The minimum absolute atomic E-state index is 0.0190. The monoisotopic (exact) mass is 493 g/mol. The van der Waals surface area contributed by atoms with Crippen molar-refractivity contribution in [1.29, 1.82) is 0 Å². The number of thiophene rings is 1. The zero-order valence-corrected chi connectivity index (χ0v) is 20.0. The largest absolute Gasteiger partial charge is 0.395 e. The van der Waals surface area contributed by atoms with Crippen molar-refractivity contribution >= 4 is 38.4 Å². The smallest absolute Gasteiger partial charge is 0.236 e. The standard InChI is InChI=1S/C24H27N7O3S/c32-8-6-29-4-5-30(14-23(29)33)24(21-10-19-22(35-21)12-25-15-26-19)31-7-9-34-20(13-31)16-2-1-3-18-17(16)11-27-28-18/h1-3,10-12,15,20,24,32H,4-9,13-14H2,(H,27,28). The molecule has 0 saturated carbocycles. The number of ether oxygens (including phenoxy) is 1. The van der Waals surface area contributed by atoms with E-state index < -0.39 is 0 Å². The summed E-state index contributed by atoms with van der Waals surface area (Å²) in [6.07, 6.45) is 5.09. The summed E-state index contributed by atoms with van der Waals surface area (Å²) in [7, 11) is 0. The van der Waals surface area contributed by atoms with Gasteiger partial charge in [0.25, 0.3) is 0 Å². The highest BCUT2D eigenvalue weighted by atomic mass is 32.1. The number of benzene rings is 1. The van der Waals surface area contributed by atoms with Gasteiger partial charge in [-0.2, -0.15) is 5.10 Å². The highest BCUT2D eigenvalue weighted by Crippen LogP contribution is 2.38. The summed E-state index contributed by atoms with van der Waals surface area (Å²) in [4.78, 5) is 29.1. The van der Waals surface area contributed by atoms with Crippen molar-refractivity contribution < 1.29 is 14.6 Å². The molecule has 1 amide bonds. The molecule has 2 aliphatic heterocycles. The Kier molecular flexibility index (Phi) is 6.17. The minimum Gasteiger partial charge on any atom is -0.395 e. The predicted octanol–water partition coefficient (Wildman–Crippen LogP) is 1.78. The Bertz CT molecular complexity index is 1310. The molecule has 0 bridgehead atoms. The van der Waals surface area contributed by atoms with E-state index in [1.165, 1.54) is 0 Å². The summed E-state index contributed by atoms with van der Waals surface area (Å²) in [6, 6.07) is 8.27. The third kappa shape index (κ3) is 4.30. The maximum absolute atomic E-state index is 12.9. The van der Waals surface area contributed by atoms with Gasteiger partial charge in [-0.15, -0.1) is 11.3 Å². The number of aromatic amines is 1. The van der Waals surface area contributed by atoms with Crippen LogP contribution in [0.25, 0.3) is 21.1 Å². The molecule has 0 radical (unpaired) electrons. The lowest BCUT2D eigenvalue weighted by atomic mass is 10.0. The summed E-state index contributed by atoms with van der Waals surface area (Å²) in [5, 5.41) is 17.7. The van der Waals surface area contributed by atoms with E-state index in [0.717, 1.165) is 44.6 Å². The minimum atomic E-state index is -0.104. The maximum Gasteiger partial charge on any atom is 0.236 e. The third-order valence-electron chi connectivity index (χ3n) is 6.84. The van der Waals surface area contributed by atoms with E-state index in [2.05, 4.69) is 42.1 Å². The van der Waals surface area contributed by atoms with Crippen molar-refractivity contribution in [2.45, 2.75) is 12.3 Å². The molecule has 11 heteroatoms. The summed E-state index contributed by atoms with van der Waals surface area (Å²) in [5.74, 6) is 0.0455. The van der Waals surface area contributed by atoms with Crippen molar-refractivity contribution in [3.05, 3.63) is 53.4 Å². The van der Waals surface area contributed by atoms with Crippen LogP contribution in [0, 0.1) is 0 Å². The maximum atomic E-state index is 12.9. The molecule has 4 aromatic rings. The molecule has 3 aromatic heterocycles. The van der Waals surface area contributed by atoms with Crippen molar-refractivity contribution in [3.8, 4) is 0 Å². The number of hydrogen-bond acceptors (Lipinski definition) is 9. The first-order valence-corrected chi connectivity index (χ1v) is 12.6. The first-order chi connectivity index (χ1) is 17.2. The number of morpholine rings is 1. The number of aliphatic hydroxyl groups is 1. The molecule has 182 valence electrons. The Morgan fingerprint density at radius 1 is 1.23 bits per heavy atom. The normalized spacial score (nSPS) is 21.2. The molecule has 0 aliphatic carbocycles. The van der Waals surface area contributed by atoms with Crippen LogP contribution in [0.15, 0.2) is 43.0 Å². The van der Waals surface area contributed by atoms with E-state index in [9.17, 15) is 9.90 Å². The molecule has 2 aliphatic rings. The van der Waals surface area contributed by atoms with Crippen LogP contribution in [-0.4, -0.2) is 98.4 Å². The van der Waals surface area contributed by atoms with E-state index in [1.807, 2.05) is 24.5 Å². The van der Waals surface area contributed by atoms with Gasteiger partial charge in [0.15, 0.2) is 0 Å². The second-order valence-corrected chi connectivity index (χ2v) is 10.0. The van der Waals surface area contributed by atoms with Crippen LogP contribution >= 0.6 is 11.3 Å². The van der Waals surface area contributed by atoms with Crippen LogP contribution < -0.4 is 0 Å². The van der Waals surface area contributed by atoms with Gasteiger partial charge in [0.05, 0.1) is 54.0 Å². The number of hydrogen-bond donors (Lipinski definition) is 2. The molecule has 0 spiro atoms. The zero-order chi connectivity index (χ0) is 23.8. The Morgan fingerprint density at radius 2 is 2.17 bits per heavy atom. The second-order valence-electron chi connectivity index (χ2n) is 8.90. The van der Waals surface area contributed by atoms with Gasteiger partial charge in [-0.1, -0.05) is 12.1 Å². The number of fused-ring (bicyclic) bond motifs is 2. The van der Waals surface area contributed by atoms with E-state index in [-0.39, 0.29) is 24.8 Å². The van der Waals surface area contributed by atoms with Gasteiger partial charge in [-0.3, -0.25) is 19.7 Å². The molecule has 1 aromatic carbocycles. The van der Waals surface area contributed by atoms with Gasteiger partial charge < -0.3 is 14.7 Å². The summed E-state index contributed by atoms with van der Waals surface area (Å²) in [5.41, 5.74) is 3.03. The number of carbonyl (C=O) groups excluding carboxylic acids is 1. The lowest BCUT2D eigenvalue weighted by Gasteiger charge is -2.45. The van der Waals surface area contributed by atoms with E-state index >= 15 is 0 Å². The van der Waals surface area contributed by atoms with Gasteiger partial charge >= 0.3 is 0 Å². The average molecular weight is 494 g/mol. The molecule has 2 saturated heterocycles. The van der Waals surface area contributed by atoms with Crippen molar-refractivity contribution in [2.75, 3.05) is 52.5 Å². The Hall–Kier alpha value is -2.96. The number of carbonyl (C=O) groups is 1. The fraction of sp³-hybridized carbons (Fsp3) is 0.417. The zero-order valence-electron chi connectivity index (χ0n) is 19.2. The number of piperazine rings is 1. The molecule has 2 unspecified atom stereocenters. The van der Waals surface area contributed by atoms with Crippen LogP contribution in [0.2, 0.25) is 0 Å². The number of H-pyrrole nitrogens is 1. The SMILES string of the molecule is O=C1CN(C(c2cc3ncncc3s2)N2CCOC(c3cccc4[nH]ncc34)C2)CCN1CCO. The topological polar surface area (TPSA) is 111 Å². The summed E-state index contributed by atoms with van der Waals surface area (Å²) in [6.45, 7) is 4.05. The lowest BCUT2D eigenvalue weighted by molar-refractivity contribution is -0.142. The second kappa shape index (κ2) is 9.59. The number of nitrogens with one attached hydrogen (secondary N) is 1. The van der Waals surface area contributed by atoms with Crippen LogP contribution in [-0.2, 0) is 9.53 Å². The average Bonchev–Trinajstić information content (AvgIpc) is 3.53. The fourth-order valence-electron chi connectivity index (χ4n) is 5.17. The summed E-state index contributed by atoms with van der Waals surface area (Å²) < 4.78 is 7.28. The first kappa shape index (κ1) is 22.5. The lowest BCUT2D eigenvalue weighted by Crippen LogP contribution is -2.56. The number of amides is 1. The van der Waals surface area contributed by atoms with Gasteiger partial charge in [-0.05, 0) is 17.7 Å². The van der Waals surface area contributed by atoms with Gasteiger partial charge in [0, 0.05) is 49.2 Å². The Balaban J connectivity index is 1.33. The third-order valence-corrected chi connectivity index (χ3v) is 7.94. The quantitative estimate of drug-likeness (QED) is 0.418. The molecule has 35 heavy (non-hydrogen) atoms. The number of nitrogens with zero attached hydrogens (tertiary/aromatic N) is 6. The van der Waals surface area contributed by atoms with Gasteiger partial charge in [-0.25, -0.2) is 9.97 Å². The van der Waals surface area contributed by atoms with Crippen molar-refractivity contribution in [1.82, 2.24) is 34.9 Å². The summed E-state index contributed by atoms with van der Waals surface area (Å²) >= 11 is 1.68. The van der Waals surface area contributed by atoms with E-state index in [0.29, 0.717) is 32.8 Å². The van der Waals surface area contributed by atoms with Crippen LogP contribution in [0.3, 0.4) is 0 Å². The van der Waals surface area contributed by atoms with Crippen LogP contribution in [0.4, 0.5) is 0 Å².